The molecule has 0 atom stereocenters. The van der Waals surface area contributed by atoms with Crippen LogP contribution in [-0.4, -0.2) is 4.92 Å². The highest BCUT2D eigenvalue weighted by molar-refractivity contribution is 5.77. The molecule has 0 N–H and O–H groups in total. The molecule has 1 heterocycles. The van der Waals surface area contributed by atoms with E-state index < -0.39 is 10.5 Å². The van der Waals surface area contributed by atoms with Gasteiger partial charge in [0.15, 0.2) is 0 Å². The van der Waals surface area contributed by atoms with Gasteiger partial charge in [0, 0.05) is 29.7 Å². The minimum atomic E-state index is -0.429. The van der Waals surface area contributed by atoms with Gasteiger partial charge in [0.25, 0.3) is 5.69 Å². The first kappa shape index (κ1) is 14.8. The van der Waals surface area contributed by atoms with E-state index in [0.717, 1.165) is 10.9 Å². The van der Waals surface area contributed by atoms with Crippen LogP contribution in [0.2, 0.25) is 0 Å². The fourth-order valence-electron chi connectivity index (χ4n) is 2.33. The van der Waals surface area contributed by atoms with Crippen LogP contribution >= 0.6 is 0 Å². The van der Waals surface area contributed by atoms with Crippen LogP contribution in [0.5, 0.6) is 5.75 Å². The van der Waals surface area contributed by atoms with Gasteiger partial charge in [0.2, 0.25) is 0 Å². The molecule has 116 valence electrons. The zero-order chi connectivity index (χ0) is 16.4. The SMILES string of the molecule is Cc1cc(COc2ccc3ccc(=O)oc3c2)cc([N+](=O)[O-])c1. The van der Waals surface area contributed by atoms with Crippen molar-refractivity contribution >= 4 is 16.7 Å². The summed E-state index contributed by atoms with van der Waals surface area (Å²) >= 11 is 0. The molecule has 0 aliphatic rings. The molecule has 6 heteroatoms. The second-order valence-electron chi connectivity index (χ2n) is 5.18. The third-order valence-corrected chi connectivity index (χ3v) is 3.33. The smallest absolute Gasteiger partial charge is 0.336 e. The van der Waals surface area contributed by atoms with Crippen LogP contribution in [0.3, 0.4) is 0 Å². The van der Waals surface area contributed by atoms with Gasteiger partial charge in [-0.15, -0.1) is 0 Å². The van der Waals surface area contributed by atoms with E-state index in [9.17, 15) is 14.9 Å². The van der Waals surface area contributed by atoms with E-state index in [1.165, 1.54) is 18.2 Å². The predicted molar refractivity (Wildman–Crippen MR) is 84.6 cm³/mol. The van der Waals surface area contributed by atoms with Crippen molar-refractivity contribution in [3.05, 3.63) is 80.2 Å². The molecular weight excluding hydrogens is 298 g/mol. The fourth-order valence-corrected chi connectivity index (χ4v) is 2.33. The number of nitro groups is 1. The number of fused-ring (bicyclic) bond motifs is 1. The van der Waals surface area contributed by atoms with Crippen LogP contribution in [0, 0.1) is 17.0 Å². The molecule has 0 radical (unpaired) electrons. The largest absolute Gasteiger partial charge is 0.489 e. The summed E-state index contributed by atoms with van der Waals surface area (Å²) in [7, 11) is 0. The summed E-state index contributed by atoms with van der Waals surface area (Å²) in [5.74, 6) is 0.524. The van der Waals surface area contributed by atoms with Gasteiger partial charge in [-0.25, -0.2) is 4.79 Å². The summed E-state index contributed by atoms with van der Waals surface area (Å²) in [6.07, 6.45) is 0. The van der Waals surface area contributed by atoms with E-state index in [2.05, 4.69) is 0 Å². The van der Waals surface area contributed by atoms with Crippen LogP contribution in [-0.2, 0) is 6.61 Å². The summed E-state index contributed by atoms with van der Waals surface area (Å²) < 4.78 is 10.7. The first-order valence-corrected chi connectivity index (χ1v) is 6.93. The van der Waals surface area contributed by atoms with Crippen LogP contribution in [0.1, 0.15) is 11.1 Å². The van der Waals surface area contributed by atoms with Crippen molar-refractivity contribution in [3.63, 3.8) is 0 Å². The summed E-state index contributed by atoms with van der Waals surface area (Å²) in [5, 5.41) is 11.7. The Bertz CT molecular complexity index is 945. The number of aryl methyl sites for hydroxylation is 1. The molecule has 0 spiro atoms. The van der Waals surface area contributed by atoms with E-state index in [4.69, 9.17) is 9.15 Å². The molecule has 0 aliphatic heterocycles. The Balaban J connectivity index is 1.83. The minimum absolute atomic E-state index is 0.0353. The van der Waals surface area contributed by atoms with Gasteiger partial charge in [-0.3, -0.25) is 10.1 Å². The van der Waals surface area contributed by atoms with Crippen LogP contribution < -0.4 is 10.4 Å². The highest BCUT2D eigenvalue weighted by Gasteiger charge is 2.09. The Labute approximate surface area is 131 Å². The lowest BCUT2D eigenvalue weighted by molar-refractivity contribution is -0.385. The van der Waals surface area contributed by atoms with Gasteiger partial charge in [-0.1, -0.05) is 6.07 Å². The Morgan fingerprint density at radius 2 is 1.91 bits per heavy atom. The highest BCUT2D eigenvalue weighted by atomic mass is 16.6. The van der Waals surface area contributed by atoms with Crippen molar-refractivity contribution in [3.8, 4) is 5.75 Å². The molecule has 0 bridgehead atoms. The van der Waals surface area contributed by atoms with Gasteiger partial charge in [-0.05, 0) is 36.2 Å². The second-order valence-corrected chi connectivity index (χ2v) is 5.18. The normalized spacial score (nSPS) is 10.7. The van der Waals surface area contributed by atoms with Crippen molar-refractivity contribution in [2.45, 2.75) is 13.5 Å². The highest BCUT2D eigenvalue weighted by Crippen LogP contribution is 2.22. The molecule has 0 unspecified atom stereocenters. The standard InChI is InChI=1S/C17H13NO5/c1-11-6-12(8-14(7-11)18(20)21)10-22-15-4-2-13-3-5-17(19)23-16(13)9-15/h2-9H,10H2,1H3. The Morgan fingerprint density at radius 3 is 2.70 bits per heavy atom. The average Bonchev–Trinajstić information content (AvgIpc) is 2.52. The molecule has 0 fully saturated rings. The monoisotopic (exact) mass is 311 g/mol. The topological polar surface area (TPSA) is 82.6 Å². The number of nitro benzene ring substituents is 1. The number of nitrogens with zero attached hydrogens (tertiary/aromatic N) is 1. The molecule has 6 nitrogen and oxygen atoms in total. The first-order valence-electron chi connectivity index (χ1n) is 6.93. The molecule has 23 heavy (non-hydrogen) atoms. The van der Waals surface area contributed by atoms with Crippen molar-refractivity contribution in [1.29, 1.82) is 0 Å². The molecule has 0 saturated carbocycles. The molecular formula is C17H13NO5. The van der Waals surface area contributed by atoms with Gasteiger partial charge in [-0.2, -0.15) is 0 Å². The van der Waals surface area contributed by atoms with E-state index >= 15 is 0 Å². The summed E-state index contributed by atoms with van der Waals surface area (Å²) in [4.78, 5) is 21.7. The van der Waals surface area contributed by atoms with Crippen LogP contribution in [0.4, 0.5) is 5.69 Å². The molecule has 0 saturated heterocycles. The zero-order valence-corrected chi connectivity index (χ0v) is 12.3. The van der Waals surface area contributed by atoms with Gasteiger partial charge >= 0.3 is 5.63 Å². The summed E-state index contributed by atoms with van der Waals surface area (Å²) in [6.45, 7) is 1.98. The fraction of sp³-hybridized carbons (Fsp3) is 0.118. The first-order chi connectivity index (χ1) is 11.0. The van der Waals surface area contributed by atoms with E-state index in [-0.39, 0.29) is 12.3 Å². The molecule has 1 aromatic heterocycles. The van der Waals surface area contributed by atoms with Crippen molar-refractivity contribution in [1.82, 2.24) is 0 Å². The number of rotatable bonds is 4. The van der Waals surface area contributed by atoms with Crippen molar-refractivity contribution in [2.24, 2.45) is 0 Å². The lowest BCUT2D eigenvalue weighted by atomic mass is 10.1. The van der Waals surface area contributed by atoms with Crippen molar-refractivity contribution < 1.29 is 14.1 Å². The maximum atomic E-state index is 11.2. The van der Waals surface area contributed by atoms with E-state index in [1.807, 2.05) is 6.07 Å². The number of hydrogen-bond donors (Lipinski definition) is 0. The Kier molecular flexibility index (Phi) is 3.80. The number of hydrogen-bond acceptors (Lipinski definition) is 5. The van der Waals surface area contributed by atoms with Gasteiger partial charge in [0.1, 0.15) is 17.9 Å². The molecule has 0 aliphatic carbocycles. The third-order valence-electron chi connectivity index (χ3n) is 3.33. The maximum absolute atomic E-state index is 11.2. The Morgan fingerprint density at radius 1 is 1.13 bits per heavy atom. The number of benzene rings is 2. The quantitative estimate of drug-likeness (QED) is 0.418. The van der Waals surface area contributed by atoms with Gasteiger partial charge in [0.05, 0.1) is 4.92 Å². The second kappa shape index (κ2) is 5.92. The molecule has 0 amide bonds. The van der Waals surface area contributed by atoms with Crippen molar-refractivity contribution in [2.75, 3.05) is 0 Å². The zero-order valence-electron chi connectivity index (χ0n) is 12.3. The number of ether oxygens (including phenoxy) is 1. The molecule has 3 aromatic rings. The van der Waals surface area contributed by atoms with Crippen LogP contribution in [0.15, 0.2) is 57.7 Å². The summed E-state index contributed by atoms with van der Waals surface area (Å²) in [5.41, 5.74) is 1.54. The minimum Gasteiger partial charge on any atom is -0.489 e. The maximum Gasteiger partial charge on any atom is 0.336 e. The summed E-state index contributed by atoms with van der Waals surface area (Å²) in [6, 6.07) is 13.0. The molecule has 3 rings (SSSR count). The Hall–Kier alpha value is -3.15. The average molecular weight is 311 g/mol. The third kappa shape index (κ3) is 3.37. The molecule has 2 aromatic carbocycles. The van der Waals surface area contributed by atoms with Gasteiger partial charge < -0.3 is 9.15 Å². The lowest BCUT2D eigenvalue weighted by Crippen LogP contribution is -1.99. The van der Waals surface area contributed by atoms with Crippen LogP contribution in [0.25, 0.3) is 11.0 Å². The van der Waals surface area contributed by atoms with E-state index in [1.54, 1.807) is 31.2 Å². The predicted octanol–water partition coefficient (Wildman–Crippen LogP) is 3.59. The lowest BCUT2D eigenvalue weighted by Gasteiger charge is -2.07. The number of non-ortho nitro benzene ring substituents is 1. The van der Waals surface area contributed by atoms with E-state index in [0.29, 0.717) is 16.9 Å².